The van der Waals surface area contributed by atoms with Crippen molar-refractivity contribution in [2.45, 2.75) is 25.5 Å². The molecule has 0 fully saturated rings. The fourth-order valence-corrected chi connectivity index (χ4v) is 2.30. The quantitative estimate of drug-likeness (QED) is 0.539. The molecule has 2 atom stereocenters. The first-order valence-electron chi connectivity index (χ1n) is 7.41. The fraction of sp³-hybridized carbons (Fsp3) is 0.294. The van der Waals surface area contributed by atoms with Crippen molar-refractivity contribution < 1.29 is 15.1 Å². The van der Waals surface area contributed by atoms with Crippen molar-refractivity contribution in [3.63, 3.8) is 0 Å². The minimum absolute atomic E-state index is 0.0813. The van der Waals surface area contributed by atoms with Crippen LogP contribution in [-0.2, 0) is 6.42 Å². The second kappa shape index (κ2) is 7.71. The number of rotatable bonds is 7. The SMILES string of the molecule is C[C@H](NCCc1ccc([N+](=O)[O-])cc1)[C@H](O)c1ccc(O)cc1. The van der Waals surface area contributed by atoms with Crippen LogP contribution in [0, 0.1) is 10.1 Å². The van der Waals surface area contributed by atoms with Crippen molar-refractivity contribution in [3.05, 3.63) is 69.8 Å². The second-order valence-electron chi connectivity index (χ2n) is 5.45. The molecule has 6 heteroatoms. The van der Waals surface area contributed by atoms with Gasteiger partial charge in [-0.1, -0.05) is 24.3 Å². The number of nitrogens with one attached hydrogen (secondary N) is 1. The fourth-order valence-electron chi connectivity index (χ4n) is 2.30. The molecule has 0 bridgehead atoms. The summed E-state index contributed by atoms with van der Waals surface area (Å²) in [5.41, 5.74) is 1.81. The Bertz CT molecular complexity index is 641. The molecule has 0 unspecified atom stereocenters. The van der Waals surface area contributed by atoms with Crippen molar-refractivity contribution >= 4 is 5.69 Å². The van der Waals surface area contributed by atoms with E-state index in [1.807, 2.05) is 6.92 Å². The number of non-ortho nitro benzene ring substituents is 1. The van der Waals surface area contributed by atoms with Gasteiger partial charge in [-0.2, -0.15) is 0 Å². The molecular weight excluding hydrogens is 296 g/mol. The number of phenols is 1. The van der Waals surface area contributed by atoms with Crippen molar-refractivity contribution in [2.24, 2.45) is 0 Å². The van der Waals surface area contributed by atoms with Gasteiger partial charge in [0.25, 0.3) is 5.69 Å². The van der Waals surface area contributed by atoms with Gasteiger partial charge in [0, 0.05) is 18.2 Å². The Labute approximate surface area is 134 Å². The molecule has 0 aliphatic heterocycles. The highest BCUT2D eigenvalue weighted by atomic mass is 16.6. The van der Waals surface area contributed by atoms with Crippen LogP contribution >= 0.6 is 0 Å². The first-order valence-corrected chi connectivity index (χ1v) is 7.41. The van der Waals surface area contributed by atoms with E-state index in [1.54, 1.807) is 36.4 Å². The van der Waals surface area contributed by atoms with Crippen LogP contribution < -0.4 is 5.32 Å². The number of nitrogens with zero attached hydrogens (tertiary/aromatic N) is 1. The number of aromatic hydroxyl groups is 1. The van der Waals surface area contributed by atoms with E-state index in [9.17, 15) is 20.3 Å². The highest BCUT2D eigenvalue weighted by molar-refractivity contribution is 5.33. The maximum absolute atomic E-state index is 10.6. The monoisotopic (exact) mass is 316 g/mol. The molecule has 2 aromatic carbocycles. The number of benzene rings is 2. The molecule has 0 amide bonds. The van der Waals surface area contributed by atoms with E-state index in [2.05, 4.69) is 5.32 Å². The lowest BCUT2D eigenvalue weighted by Crippen LogP contribution is -2.33. The molecule has 2 rings (SSSR count). The number of aliphatic hydroxyl groups is 1. The molecule has 0 aliphatic carbocycles. The van der Waals surface area contributed by atoms with Gasteiger partial charge in [0.05, 0.1) is 11.0 Å². The summed E-state index contributed by atoms with van der Waals surface area (Å²) in [7, 11) is 0. The molecule has 0 heterocycles. The Hall–Kier alpha value is -2.44. The van der Waals surface area contributed by atoms with Gasteiger partial charge >= 0.3 is 0 Å². The summed E-state index contributed by atoms with van der Waals surface area (Å²) in [5, 5.41) is 33.3. The Kier molecular flexibility index (Phi) is 5.67. The summed E-state index contributed by atoms with van der Waals surface area (Å²) >= 11 is 0. The summed E-state index contributed by atoms with van der Waals surface area (Å²) in [6.07, 6.45) is 0.0393. The van der Waals surface area contributed by atoms with Crippen molar-refractivity contribution in [1.29, 1.82) is 0 Å². The largest absolute Gasteiger partial charge is 0.508 e. The lowest BCUT2D eigenvalue weighted by molar-refractivity contribution is -0.384. The first kappa shape index (κ1) is 16.9. The zero-order valence-electron chi connectivity index (χ0n) is 12.8. The zero-order valence-corrected chi connectivity index (χ0v) is 12.8. The van der Waals surface area contributed by atoms with E-state index in [1.165, 1.54) is 12.1 Å². The van der Waals surface area contributed by atoms with Crippen LogP contribution in [0.3, 0.4) is 0 Å². The third kappa shape index (κ3) is 4.77. The van der Waals surface area contributed by atoms with Crippen molar-refractivity contribution in [3.8, 4) is 5.75 Å². The predicted molar refractivity (Wildman–Crippen MR) is 87.3 cm³/mol. The van der Waals surface area contributed by atoms with Crippen LogP contribution in [0.2, 0.25) is 0 Å². The molecule has 2 aromatic rings. The lowest BCUT2D eigenvalue weighted by Gasteiger charge is -2.20. The molecule has 23 heavy (non-hydrogen) atoms. The van der Waals surface area contributed by atoms with Gasteiger partial charge in [-0.25, -0.2) is 0 Å². The normalized spacial score (nSPS) is 13.5. The van der Waals surface area contributed by atoms with E-state index in [0.717, 1.165) is 11.1 Å². The Morgan fingerprint density at radius 3 is 2.30 bits per heavy atom. The number of nitro groups is 1. The summed E-state index contributed by atoms with van der Waals surface area (Å²) in [6.45, 7) is 2.53. The third-order valence-corrected chi connectivity index (χ3v) is 3.74. The molecule has 6 nitrogen and oxygen atoms in total. The average molecular weight is 316 g/mol. The van der Waals surface area contributed by atoms with Crippen molar-refractivity contribution in [1.82, 2.24) is 5.32 Å². The molecular formula is C17H20N2O4. The molecule has 122 valence electrons. The number of nitro benzene ring substituents is 1. The van der Waals surface area contributed by atoms with Crippen LogP contribution in [0.5, 0.6) is 5.75 Å². The van der Waals surface area contributed by atoms with Crippen LogP contribution in [0.25, 0.3) is 0 Å². The van der Waals surface area contributed by atoms with Gasteiger partial charge in [0.15, 0.2) is 0 Å². The molecule has 0 spiro atoms. The standard InChI is InChI=1S/C17H20N2O4/c1-12(17(21)14-4-8-16(20)9-5-14)18-11-10-13-2-6-15(7-3-13)19(22)23/h2-9,12,17-18,20-21H,10-11H2,1H3/t12-,17-/m0/s1. The van der Waals surface area contributed by atoms with Crippen LogP contribution in [-0.4, -0.2) is 27.7 Å². The van der Waals surface area contributed by atoms with Gasteiger partial charge in [-0.05, 0) is 43.1 Å². The first-order chi connectivity index (χ1) is 11.0. The van der Waals surface area contributed by atoms with E-state index in [4.69, 9.17) is 0 Å². The average Bonchev–Trinajstić information content (AvgIpc) is 2.55. The molecule has 0 saturated carbocycles. The Morgan fingerprint density at radius 1 is 1.13 bits per heavy atom. The topological polar surface area (TPSA) is 95.6 Å². The van der Waals surface area contributed by atoms with E-state index < -0.39 is 11.0 Å². The molecule has 0 saturated heterocycles. The van der Waals surface area contributed by atoms with Crippen LogP contribution in [0.4, 0.5) is 5.69 Å². The van der Waals surface area contributed by atoms with E-state index >= 15 is 0 Å². The maximum atomic E-state index is 10.6. The van der Waals surface area contributed by atoms with Gasteiger partial charge in [0.1, 0.15) is 5.75 Å². The number of hydrogen-bond donors (Lipinski definition) is 3. The van der Waals surface area contributed by atoms with E-state index in [0.29, 0.717) is 13.0 Å². The second-order valence-corrected chi connectivity index (χ2v) is 5.45. The minimum atomic E-state index is -0.674. The Morgan fingerprint density at radius 2 is 1.74 bits per heavy atom. The summed E-state index contributed by atoms with van der Waals surface area (Å²) in [5.74, 6) is 0.166. The summed E-state index contributed by atoms with van der Waals surface area (Å²) in [6, 6.07) is 12.8. The van der Waals surface area contributed by atoms with Gasteiger partial charge < -0.3 is 15.5 Å². The molecule has 0 radical (unpaired) electrons. The molecule has 0 aromatic heterocycles. The number of hydrogen-bond acceptors (Lipinski definition) is 5. The highest BCUT2D eigenvalue weighted by Gasteiger charge is 2.15. The van der Waals surface area contributed by atoms with Crippen molar-refractivity contribution in [2.75, 3.05) is 6.54 Å². The van der Waals surface area contributed by atoms with Gasteiger partial charge in [-0.3, -0.25) is 10.1 Å². The lowest BCUT2D eigenvalue weighted by atomic mass is 10.0. The maximum Gasteiger partial charge on any atom is 0.269 e. The third-order valence-electron chi connectivity index (χ3n) is 3.74. The van der Waals surface area contributed by atoms with Crippen LogP contribution in [0.15, 0.2) is 48.5 Å². The van der Waals surface area contributed by atoms with E-state index in [-0.39, 0.29) is 17.5 Å². The van der Waals surface area contributed by atoms with Gasteiger partial charge in [0.2, 0.25) is 0 Å². The summed E-state index contributed by atoms with van der Waals surface area (Å²) < 4.78 is 0. The number of aliphatic hydroxyl groups excluding tert-OH is 1. The number of phenolic OH excluding ortho intramolecular Hbond substituents is 1. The van der Waals surface area contributed by atoms with Crippen LogP contribution in [0.1, 0.15) is 24.2 Å². The smallest absolute Gasteiger partial charge is 0.269 e. The minimum Gasteiger partial charge on any atom is -0.508 e. The summed E-state index contributed by atoms with van der Waals surface area (Å²) in [4.78, 5) is 10.2. The molecule has 0 aliphatic rings. The predicted octanol–water partition coefficient (Wildman–Crippen LogP) is 2.55. The highest BCUT2D eigenvalue weighted by Crippen LogP contribution is 2.19. The Balaban J connectivity index is 1.83. The zero-order chi connectivity index (χ0) is 16.8. The van der Waals surface area contributed by atoms with Gasteiger partial charge in [-0.15, -0.1) is 0 Å². The molecule has 3 N–H and O–H groups in total.